The molecule has 0 saturated carbocycles. The molecule has 0 bridgehead atoms. The largest absolute Gasteiger partial charge is 0.493 e. The first-order valence-electron chi connectivity index (χ1n) is 12.5. The van der Waals surface area contributed by atoms with Gasteiger partial charge < -0.3 is 38.8 Å². The fraction of sp³-hybridized carbons (Fsp3) is 0.207. The fourth-order valence-corrected chi connectivity index (χ4v) is 3.58. The third-order valence-corrected chi connectivity index (χ3v) is 5.48. The number of aliphatic carboxylic acids is 1. The van der Waals surface area contributed by atoms with E-state index in [0.29, 0.717) is 0 Å². The van der Waals surface area contributed by atoms with Crippen LogP contribution in [-0.2, 0) is 28.7 Å². The molecule has 0 saturated heterocycles. The van der Waals surface area contributed by atoms with E-state index in [9.17, 15) is 33.9 Å². The Balaban J connectivity index is 1.95. The molecule has 0 spiro atoms. The average molecular weight is 611 g/mol. The number of hydrogen-bond acceptors (Lipinski definition) is 13. The number of nitrogens with zero attached hydrogens (tertiary/aromatic N) is 1. The Morgan fingerprint density at radius 1 is 0.727 bits per heavy atom. The second-order valence-corrected chi connectivity index (χ2v) is 8.64. The molecule has 3 rings (SSSR count). The van der Waals surface area contributed by atoms with Crippen LogP contribution < -0.4 is 24.3 Å². The van der Waals surface area contributed by atoms with Crippen molar-refractivity contribution in [1.82, 2.24) is 4.98 Å². The molecule has 3 aromatic rings. The molecule has 15 heteroatoms. The number of hydrogen-bond donors (Lipinski definition) is 2. The lowest BCUT2D eigenvalue weighted by Crippen LogP contribution is -2.48. The zero-order valence-electron chi connectivity index (χ0n) is 23.7. The van der Waals surface area contributed by atoms with Gasteiger partial charge in [-0.2, -0.15) is 0 Å². The number of carbonyl (C=O) groups excluding carboxylic acids is 5. The zero-order chi connectivity index (χ0) is 32.4. The van der Waals surface area contributed by atoms with Gasteiger partial charge in [-0.3, -0.25) is 19.4 Å². The third-order valence-electron chi connectivity index (χ3n) is 5.48. The number of amides is 1. The van der Waals surface area contributed by atoms with Crippen molar-refractivity contribution in [3.8, 4) is 23.0 Å². The Kier molecular flexibility index (Phi) is 10.9. The standard InChI is InChI=1S/C29H26N2O13/c1-15(32)41-20-9-7-17(12-22(20)39-3)28(37)43-24(26(34)31-19-6-5-11-30-14-19)25(27(35)36)44-29(38)18-8-10-21(42-16(2)33)23(13-18)40-4/h5-14,24-25H,1-4H3,(H,31,34)(H,35,36)/t24-,25+/m0/s1. The first-order valence-corrected chi connectivity index (χ1v) is 12.5. The molecule has 0 aliphatic heterocycles. The van der Waals surface area contributed by atoms with Crippen molar-refractivity contribution in [2.45, 2.75) is 26.1 Å². The normalized spacial score (nSPS) is 11.6. The summed E-state index contributed by atoms with van der Waals surface area (Å²) >= 11 is 0. The van der Waals surface area contributed by atoms with E-state index in [0.717, 1.165) is 32.0 Å². The van der Waals surface area contributed by atoms with Gasteiger partial charge in [0.15, 0.2) is 23.0 Å². The van der Waals surface area contributed by atoms with E-state index in [2.05, 4.69) is 10.3 Å². The number of ether oxygens (including phenoxy) is 6. The summed E-state index contributed by atoms with van der Waals surface area (Å²) in [7, 11) is 2.48. The van der Waals surface area contributed by atoms with Crippen molar-refractivity contribution >= 4 is 41.4 Å². The van der Waals surface area contributed by atoms with Crippen molar-refractivity contribution in [3.05, 3.63) is 72.1 Å². The predicted molar refractivity (Wildman–Crippen MR) is 148 cm³/mol. The van der Waals surface area contributed by atoms with E-state index in [1.165, 1.54) is 56.9 Å². The Bertz CT molecular complexity index is 1570. The highest BCUT2D eigenvalue weighted by atomic mass is 16.6. The van der Waals surface area contributed by atoms with Crippen LogP contribution in [0, 0.1) is 0 Å². The van der Waals surface area contributed by atoms with Gasteiger partial charge >= 0.3 is 29.8 Å². The number of anilines is 1. The van der Waals surface area contributed by atoms with Crippen LogP contribution in [0.1, 0.15) is 34.6 Å². The van der Waals surface area contributed by atoms with Crippen LogP contribution in [0.4, 0.5) is 5.69 Å². The van der Waals surface area contributed by atoms with Gasteiger partial charge in [0, 0.05) is 20.0 Å². The summed E-state index contributed by atoms with van der Waals surface area (Å²) in [5.74, 6) is -6.90. The van der Waals surface area contributed by atoms with Crippen molar-refractivity contribution in [2.75, 3.05) is 19.5 Å². The topological polar surface area (TPSA) is 203 Å². The molecule has 1 heterocycles. The number of benzene rings is 2. The van der Waals surface area contributed by atoms with Crippen LogP contribution in [0.5, 0.6) is 23.0 Å². The molecule has 2 N–H and O–H groups in total. The minimum absolute atomic E-state index is 0.0186. The molecule has 2 aromatic carbocycles. The maximum absolute atomic E-state index is 13.3. The summed E-state index contributed by atoms with van der Waals surface area (Å²) in [6.07, 6.45) is -1.92. The number of esters is 4. The van der Waals surface area contributed by atoms with Gasteiger partial charge in [-0.05, 0) is 48.5 Å². The van der Waals surface area contributed by atoms with Crippen molar-refractivity contribution in [2.24, 2.45) is 0 Å². The van der Waals surface area contributed by atoms with Crippen LogP contribution in [0.2, 0.25) is 0 Å². The van der Waals surface area contributed by atoms with Gasteiger partial charge in [-0.25, -0.2) is 14.4 Å². The fourth-order valence-electron chi connectivity index (χ4n) is 3.58. The summed E-state index contributed by atoms with van der Waals surface area (Å²) in [5.41, 5.74) is -0.349. The molecule has 230 valence electrons. The molecular weight excluding hydrogens is 584 g/mol. The number of carboxylic acid groups (broad SMARTS) is 1. The SMILES string of the molecule is COc1cc(C(=O)O[C@H](C(=O)Nc2cccnc2)[C@@H](OC(=O)c2ccc(OC(C)=O)c(OC)c2)C(=O)O)ccc1OC(C)=O. The lowest BCUT2D eigenvalue weighted by atomic mass is 10.1. The molecule has 0 aliphatic rings. The lowest BCUT2D eigenvalue weighted by molar-refractivity contribution is -0.157. The Morgan fingerprint density at radius 3 is 1.64 bits per heavy atom. The first-order chi connectivity index (χ1) is 20.9. The van der Waals surface area contributed by atoms with Gasteiger partial charge in [0.1, 0.15) is 0 Å². The average Bonchev–Trinajstić information content (AvgIpc) is 2.98. The van der Waals surface area contributed by atoms with Gasteiger partial charge in [0.05, 0.1) is 37.2 Å². The van der Waals surface area contributed by atoms with Gasteiger partial charge in [0.2, 0.25) is 12.2 Å². The molecule has 0 aliphatic carbocycles. The molecule has 15 nitrogen and oxygen atoms in total. The van der Waals surface area contributed by atoms with Crippen LogP contribution in [-0.4, -0.2) is 72.3 Å². The highest BCUT2D eigenvalue weighted by Crippen LogP contribution is 2.30. The maximum atomic E-state index is 13.3. The molecule has 0 unspecified atom stereocenters. The summed E-state index contributed by atoms with van der Waals surface area (Å²) in [6, 6.07) is 9.95. The van der Waals surface area contributed by atoms with E-state index in [1.807, 2.05) is 0 Å². The number of carbonyl (C=O) groups is 6. The van der Waals surface area contributed by atoms with Gasteiger partial charge in [-0.1, -0.05) is 0 Å². The summed E-state index contributed by atoms with van der Waals surface area (Å²) < 4.78 is 30.7. The number of rotatable bonds is 12. The van der Waals surface area contributed by atoms with Crippen molar-refractivity contribution < 1.29 is 62.3 Å². The second kappa shape index (κ2) is 14.8. The van der Waals surface area contributed by atoms with Crippen LogP contribution in [0.3, 0.4) is 0 Å². The molecule has 0 fully saturated rings. The lowest BCUT2D eigenvalue weighted by Gasteiger charge is -2.23. The van der Waals surface area contributed by atoms with Crippen LogP contribution >= 0.6 is 0 Å². The van der Waals surface area contributed by atoms with E-state index in [-0.39, 0.29) is 39.8 Å². The van der Waals surface area contributed by atoms with Crippen LogP contribution in [0.25, 0.3) is 0 Å². The summed E-state index contributed by atoms with van der Waals surface area (Å²) in [5, 5.41) is 12.3. The minimum Gasteiger partial charge on any atom is -0.493 e. The maximum Gasteiger partial charge on any atom is 0.349 e. The molecule has 1 aromatic heterocycles. The number of aromatic nitrogens is 1. The molecule has 0 radical (unpaired) electrons. The molecule has 1 amide bonds. The van der Waals surface area contributed by atoms with E-state index in [4.69, 9.17) is 28.4 Å². The van der Waals surface area contributed by atoms with Gasteiger partial charge in [0.25, 0.3) is 5.91 Å². The number of nitrogens with one attached hydrogen (secondary N) is 1. The highest BCUT2D eigenvalue weighted by molar-refractivity contribution is 6.01. The monoisotopic (exact) mass is 610 g/mol. The molecule has 2 atom stereocenters. The first kappa shape index (κ1) is 32.5. The van der Waals surface area contributed by atoms with Crippen molar-refractivity contribution in [1.29, 1.82) is 0 Å². The summed E-state index contributed by atoms with van der Waals surface area (Å²) in [6.45, 7) is 2.31. The zero-order valence-corrected chi connectivity index (χ0v) is 23.7. The van der Waals surface area contributed by atoms with E-state index >= 15 is 0 Å². The molecule has 44 heavy (non-hydrogen) atoms. The molecular formula is C29H26N2O13. The predicted octanol–water partition coefficient (Wildman–Crippen LogP) is 2.42. The Hall–Kier alpha value is -5.99. The summed E-state index contributed by atoms with van der Waals surface area (Å²) in [4.78, 5) is 78.3. The third kappa shape index (κ3) is 8.51. The highest BCUT2D eigenvalue weighted by Gasteiger charge is 2.41. The smallest absolute Gasteiger partial charge is 0.349 e. The quantitative estimate of drug-likeness (QED) is 0.223. The Morgan fingerprint density at radius 2 is 1.23 bits per heavy atom. The van der Waals surface area contributed by atoms with E-state index in [1.54, 1.807) is 0 Å². The number of carboxylic acids is 1. The minimum atomic E-state index is -2.36. The second-order valence-electron chi connectivity index (χ2n) is 8.64. The van der Waals surface area contributed by atoms with Crippen LogP contribution in [0.15, 0.2) is 60.9 Å². The Labute approximate surface area is 249 Å². The van der Waals surface area contributed by atoms with Crippen molar-refractivity contribution in [3.63, 3.8) is 0 Å². The number of methoxy groups -OCH3 is 2. The number of pyridine rings is 1. The van der Waals surface area contributed by atoms with Gasteiger partial charge in [-0.15, -0.1) is 0 Å². The van der Waals surface area contributed by atoms with E-state index < -0.39 is 48.0 Å².